The molecule has 6 aromatic rings. The molecule has 50 heavy (non-hydrogen) atoms. The summed E-state index contributed by atoms with van der Waals surface area (Å²) >= 11 is 1.74. The van der Waals surface area contributed by atoms with Crippen LogP contribution in [-0.2, 0) is 34.2 Å². The van der Waals surface area contributed by atoms with E-state index in [1.165, 1.54) is 77.2 Å². The van der Waals surface area contributed by atoms with Crippen molar-refractivity contribution in [3.8, 4) is 22.3 Å². The van der Waals surface area contributed by atoms with Crippen molar-refractivity contribution in [3.05, 3.63) is 130 Å². The summed E-state index contributed by atoms with van der Waals surface area (Å²) in [5.74, 6) is 0.573. The van der Waals surface area contributed by atoms with E-state index in [1.807, 2.05) is 0 Å². The average molecular weight is 799 g/mol. The van der Waals surface area contributed by atoms with Gasteiger partial charge in [-0.25, -0.2) is 0 Å². The molecule has 0 atom stereocenters. The Bertz CT molecular complexity index is 2000. The SMILES string of the molecule is CC(C)c1cc2c(-c3ccc(C(C)(C)C)cc3)cccc2[cH-]1.C[Si](C)=[Zr+2].Cc1cc2c(-c3ccc(C(C)(C)C)cc3)c(C)c(C)cc2[cH-]1.[Cl-].[Cl-]. The first-order chi connectivity index (χ1) is 22.4. The minimum absolute atomic E-state index is 0. The standard InChI is InChI=1S/2C22H25.C2H6Si.2ClH.Zr/c1-14-11-18-13-15(2)16(3)21(20(18)12-14)17-7-9-19(10-8-17)22(4,5)6;1-15(2)18-13-17-7-6-8-20(21(17)14-18)16-9-11-19(12-10-16)22(3,4)5;1-3-2;;;/h7-13H,1-6H3;6-15H,1-5H3;1-2H3;2*1H;/q2*-1;;;;+2/p-2. The number of hydrogen-bond donors (Lipinski definition) is 0. The number of rotatable bonds is 3. The molecule has 0 aromatic heterocycles. The monoisotopic (exact) mass is 796 g/mol. The van der Waals surface area contributed by atoms with Gasteiger partial charge in [0.15, 0.2) is 0 Å². The summed E-state index contributed by atoms with van der Waals surface area (Å²) in [6.45, 7) is 29.3. The Kier molecular flexibility index (Phi) is 15.8. The maximum atomic E-state index is 2.35. The van der Waals surface area contributed by atoms with E-state index in [2.05, 4.69) is 186 Å². The molecule has 0 nitrogen and oxygen atoms in total. The predicted molar refractivity (Wildman–Crippen MR) is 213 cm³/mol. The van der Waals surface area contributed by atoms with Gasteiger partial charge in [-0.15, -0.1) is 63.0 Å². The molecule has 0 bridgehead atoms. The summed E-state index contributed by atoms with van der Waals surface area (Å²) in [4.78, 5) is 0. The van der Waals surface area contributed by atoms with Crippen LogP contribution in [-0.4, -0.2) is 5.43 Å². The van der Waals surface area contributed by atoms with Crippen molar-refractivity contribution < 1.29 is 48.1 Å². The molecular formula is C46H56Cl2SiZr-2. The second kappa shape index (κ2) is 18.0. The molecule has 0 heterocycles. The maximum Gasteiger partial charge on any atom is -0.0132 e. The summed E-state index contributed by atoms with van der Waals surface area (Å²) in [7, 11) is 0. The van der Waals surface area contributed by atoms with Gasteiger partial charge in [0, 0.05) is 0 Å². The summed E-state index contributed by atoms with van der Waals surface area (Å²) < 4.78 is 0. The van der Waals surface area contributed by atoms with Crippen molar-refractivity contribution in [2.45, 2.75) is 106 Å². The van der Waals surface area contributed by atoms with Gasteiger partial charge in [0.25, 0.3) is 0 Å². The van der Waals surface area contributed by atoms with E-state index in [1.54, 1.807) is 23.3 Å². The van der Waals surface area contributed by atoms with E-state index in [-0.39, 0.29) is 41.1 Å². The van der Waals surface area contributed by atoms with Crippen molar-refractivity contribution in [2.24, 2.45) is 0 Å². The number of fused-ring (bicyclic) bond motifs is 2. The second-order valence-corrected chi connectivity index (χ2v) is 25.5. The van der Waals surface area contributed by atoms with Gasteiger partial charge in [-0.1, -0.05) is 139 Å². The van der Waals surface area contributed by atoms with Crippen molar-refractivity contribution >= 4 is 27.0 Å². The van der Waals surface area contributed by atoms with Gasteiger partial charge in [-0.3, -0.25) is 0 Å². The quantitative estimate of drug-likeness (QED) is 0.126. The molecule has 0 aliphatic carbocycles. The van der Waals surface area contributed by atoms with Crippen LogP contribution in [0.3, 0.4) is 0 Å². The van der Waals surface area contributed by atoms with E-state index in [0.717, 1.165) is 0 Å². The van der Waals surface area contributed by atoms with Crippen LogP contribution in [0.15, 0.2) is 97.1 Å². The molecule has 6 rings (SSSR count). The summed E-state index contributed by atoms with van der Waals surface area (Å²) in [6.07, 6.45) is 0. The normalized spacial score (nSPS) is 11.3. The van der Waals surface area contributed by atoms with Crippen molar-refractivity contribution in [2.75, 3.05) is 0 Å². The van der Waals surface area contributed by atoms with Gasteiger partial charge in [0.2, 0.25) is 0 Å². The molecule has 0 unspecified atom stereocenters. The van der Waals surface area contributed by atoms with Crippen LogP contribution < -0.4 is 24.8 Å². The van der Waals surface area contributed by atoms with Crippen LogP contribution >= 0.6 is 0 Å². The Morgan fingerprint density at radius 2 is 1.12 bits per heavy atom. The van der Waals surface area contributed by atoms with E-state index < -0.39 is 0 Å². The largest absolute Gasteiger partial charge is 1.00 e. The molecule has 0 saturated carbocycles. The molecule has 0 amide bonds. The molecule has 264 valence electrons. The van der Waals surface area contributed by atoms with Crippen LogP contribution in [0.25, 0.3) is 43.8 Å². The van der Waals surface area contributed by atoms with E-state index in [4.69, 9.17) is 0 Å². The summed E-state index contributed by atoms with van der Waals surface area (Å²) in [5.41, 5.74) is 14.3. The first kappa shape index (κ1) is 43.9. The predicted octanol–water partition coefficient (Wildman–Crippen LogP) is 7.89. The molecule has 0 N–H and O–H groups in total. The molecule has 0 spiro atoms. The molecular weight excluding hydrogens is 743 g/mol. The van der Waals surface area contributed by atoms with Gasteiger partial charge in [-0.05, 0) is 52.8 Å². The summed E-state index contributed by atoms with van der Waals surface area (Å²) in [6, 6.07) is 36.4. The van der Waals surface area contributed by atoms with Crippen LogP contribution in [0.5, 0.6) is 0 Å². The minimum Gasteiger partial charge on any atom is -1.00 e. The molecule has 0 radical (unpaired) electrons. The average Bonchev–Trinajstić information content (AvgIpc) is 3.60. The number of halogens is 2. The number of aryl methyl sites for hydroxylation is 2. The van der Waals surface area contributed by atoms with Crippen LogP contribution in [0.4, 0.5) is 0 Å². The van der Waals surface area contributed by atoms with E-state index in [9.17, 15) is 0 Å². The third-order valence-corrected chi connectivity index (χ3v) is 9.22. The molecule has 0 aliphatic heterocycles. The van der Waals surface area contributed by atoms with Crippen molar-refractivity contribution in [3.63, 3.8) is 0 Å². The topological polar surface area (TPSA) is 0 Å². The Morgan fingerprint density at radius 1 is 0.620 bits per heavy atom. The Hall–Kier alpha value is -2.22. The van der Waals surface area contributed by atoms with Gasteiger partial charge < -0.3 is 24.8 Å². The Morgan fingerprint density at radius 3 is 1.60 bits per heavy atom. The Labute approximate surface area is 331 Å². The maximum absolute atomic E-state index is 2.35. The van der Waals surface area contributed by atoms with E-state index in [0.29, 0.717) is 5.92 Å². The minimum atomic E-state index is 0. The molecule has 0 fully saturated rings. The molecule has 6 aromatic carbocycles. The third-order valence-electron chi connectivity index (χ3n) is 9.22. The first-order valence-electron chi connectivity index (χ1n) is 17.5. The fraction of sp³-hybridized carbons (Fsp3) is 0.348. The van der Waals surface area contributed by atoms with Crippen LogP contribution in [0, 0.1) is 20.8 Å². The first-order valence-corrected chi connectivity index (χ1v) is 23.7. The molecule has 4 heteroatoms. The fourth-order valence-corrected chi connectivity index (χ4v) is 6.25. The number of benzene rings is 4. The Balaban J connectivity index is 0.000000303. The van der Waals surface area contributed by atoms with Crippen LogP contribution in [0.2, 0.25) is 13.1 Å². The van der Waals surface area contributed by atoms with Gasteiger partial charge >= 0.3 is 41.9 Å². The number of hydrogen-bond acceptors (Lipinski definition) is 0. The zero-order valence-corrected chi connectivity index (χ0v) is 37.5. The third kappa shape index (κ3) is 10.9. The van der Waals surface area contributed by atoms with Gasteiger partial charge in [-0.2, -0.15) is 12.1 Å². The zero-order valence-electron chi connectivity index (χ0n) is 32.6. The van der Waals surface area contributed by atoms with Crippen molar-refractivity contribution in [1.29, 1.82) is 0 Å². The van der Waals surface area contributed by atoms with Crippen molar-refractivity contribution in [1.82, 2.24) is 0 Å². The van der Waals surface area contributed by atoms with E-state index >= 15 is 0 Å². The van der Waals surface area contributed by atoms with Crippen LogP contribution in [0.1, 0.15) is 94.7 Å². The summed E-state index contributed by atoms with van der Waals surface area (Å²) in [5, 5.41) is 5.45. The smallest absolute Gasteiger partial charge is 0.0132 e. The molecule has 0 saturated heterocycles. The van der Waals surface area contributed by atoms with Gasteiger partial charge in [0.05, 0.1) is 0 Å². The molecule has 0 aliphatic rings. The fourth-order valence-electron chi connectivity index (χ4n) is 6.25. The zero-order chi connectivity index (χ0) is 35.6. The second-order valence-electron chi connectivity index (χ2n) is 16.1. The van der Waals surface area contributed by atoms with Gasteiger partial charge in [0.1, 0.15) is 0 Å².